The Hall–Kier alpha value is -0.930. The summed E-state index contributed by atoms with van der Waals surface area (Å²) in [6, 6.07) is 5.22. The van der Waals surface area contributed by atoms with Crippen LogP contribution in [0.3, 0.4) is 0 Å². The molecule has 1 saturated carbocycles. The van der Waals surface area contributed by atoms with Crippen molar-refractivity contribution in [2.45, 2.75) is 64.0 Å². The van der Waals surface area contributed by atoms with E-state index >= 15 is 0 Å². The third kappa shape index (κ3) is 3.64. The second-order valence-corrected chi connectivity index (χ2v) is 6.13. The molecule has 0 aromatic heterocycles. The van der Waals surface area contributed by atoms with Crippen LogP contribution >= 0.6 is 0 Å². The second kappa shape index (κ2) is 7.37. The first-order valence-corrected chi connectivity index (χ1v) is 8.20. The molecule has 1 aromatic carbocycles. The van der Waals surface area contributed by atoms with Crippen molar-refractivity contribution >= 4 is 0 Å². The minimum atomic E-state index is -0.169. The van der Waals surface area contributed by atoms with Gasteiger partial charge in [0.2, 0.25) is 0 Å². The van der Waals surface area contributed by atoms with Crippen molar-refractivity contribution in [1.82, 2.24) is 5.32 Å². The quantitative estimate of drug-likeness (QED) is 0.806. The average Bonchev–Trinajstić information content (AvgIpc) is 2.69. The molecule has 2 nitrogen and oxygen atoms in total. The molecule has 1 atom stereocenters. The average molecular weight is 293 g/mol. The van der Waals surface area contributed by atoms with E-state index in [9.17, 15) is 4.39 Å². The first-order chi connectivity index (χ1) is 10.1. The molecule has 0 saturated heterocycles. The lowest BCUT2D eigenvalue weighted by Crippen LogP contribution is -2.45. The van der Waals surface area contributed by atoms with Gasteiger partial charge in [0.1, 0.15) is 5.82 Å². The Morgan fingerprint density at radius 3 is 2.43 bits per heavy atom. The van der Waals surface area contributed by atoms with E-state index in [-0.39, 0.29) is 17.5 Å². The van der Waals surface area contributed by atoms with E-state index in [0.717, 1.165) is 30.6 Å². The highest BCUT2D eigenvalue weighted by atomic mass is 19.1. The van der Waals surface area contributed by atoms with Gasteiger partial charge in [0.25, 0.3) is 0 Å². The Bertz CT molecular complexity index is 453. The Kier molecular flexibility index (Phi) is 5.77. The number of likely N-dealkylation sites (N-methyl/N-ethyl adjacent to an activating group) is 1. The number of benzene rings is 1. The normalized spacial score (nSPS) is 20.0. The van der Waals surface area contributed by atoms with E-state index < -0.39 is 0 Å². The molecule has 2 rings (SSSR count). The number of hydrogen-bond donors (Lipinski definition) is 1. The van der Waals surface area contributed by atoms with Crippen LogP contribution in [0.2, 0.25) is 0 Å². The predicted molar refractivity (Wildman–Crippen MR) is 85.0 cm³/mol. The molecule has 0 bridgehead atoms. The molecule has 3 heteroatoms. The van der Waals surface area contributed by atoms with E-state index in [1.165, 1.54) is 25.7 Å². The van der Waals surface area contributed by atoms with E-state index in [0.29, 0.717) is 0 Å². The van der Waals surface area contributed by atoms with Crippen LogP contribution in [0.5, 0.6) is 0 Å². The van der Waals surface area contributed by atoms with Crippen LogP contribution in [-0.2, 0) is 4.74 Å². The van der Waals surface area contributed by atoms with Crippen LogP contribution in [0.25, 0.3) is 0 Å². The molecule has 0 aliphatic heterocycles. The van der Waals surface area contributed by atoms with Crippen molar-refractivity contribution in [3.05, 3.63) is 35.1 Å². The van der Waals surface area contributed by atoms with Crippen molar-refractivity contribution in [1.29, 1.82) is 0 Å². The van der Waals surface area contributed by atoms with Gasteiger partial charge in [0.15, 0.2) is 0 Å². The van der Waals surface area contributed by atoms with Gasteiger partial charge < -0.3 is 10.1 Å². The first-order valence-electron chi connectivity index (χ1n) is 8.20. The van der Waals surface area contributed by atoms with Gasteiger partial charge in [-0.2, -0.15) is 0 Å². The van der Waals surface area contributed by atoms with Gasteiger partial charge in [-0.15, -0.1) is 0 Å². The number of rotatable bonds is 5. The number of halogens is 1. The van der Waals surface area contributed by atoms with Gasteiger partial charge >= 0.3 is 0 Å². The monoisotopic (exact) mass is 293 g/mol. The molecule has 1 N–H and O–H groups in total. The third-order valence-corrected chi connectivity index (χ3v) is 4.74. The fraction of sp³-hybridized carbons (Fsp3) is 0.667. The lowest BCUT2D eigenvalue weighted by molar-refractivity contribution is -0.0768. The van der Waals surface area contributed by atoms with Crippen LogP contribution in [0.4, 0.5) is 4.39 Å². The smallest absolute Gasteiger partial charge is 0.123 e. The maximum atomic E-state index is 13.4. The highest BCUT2D eigenvalue weighted by Gasteiger charge is 2.40. The molecule has 1 aromatic rings. The van der Waals surface area contributed by atoms with Crippen LogP contribution in [0, 0.1) is 12.7 Å². The number of aryl methyl sites for hydroxylation is 1. The summed E-state index contributed by atoms with van der Waals surface area (Å²) < 4.78 is 19.7. The van der Waals surface area contributed by atoms with Crippen molar-refractivity contribution in [2.24, 2.45) is 0 Å². The Labute approximate surface area is 128 Å². The van der Waals surface area contributed by atoms with Crippen LogP contribution in [0.15, 0.2) is 18.2 Å². The molecule has 1 aliphatic rings. The molecular formula is C18H28FNO. The molecule has 1 aliphatic carbocycles. The predicted octanol–water partition coefficient (Wildman–Crippen LogP) is 4.52. The largest absolute Gasteiger partial charge is 0.373 e. The van der Waals surface area contributed by atoms with Gasteiger partial charge in [-0.05, 0) is 57.0 Å². The molecule has 1 unspecified atom stereocenters. The SMILES string of the molecule is CCOC1(C(NC)c2ccc(F)cc2C)CCCCCC1. The van der Waals surface area contributed by atoms with Crippen LogP contribution in [0.1, 0.15) is 62.6 Å². The van der Waals surface area contributed by atoms with Gasteiger partial charge in [0.05, 0.1) is 11.6 Å². The molecule has 0 heterocycles. The molecule has 0 radical (unpaired) electrons. The van der Waals surface area contributed by atoms with Gasteiger partial charge in [0, 0.05) is 6.61 Å². The Morgan fingerprint density at radius 1 is 1.24 bits per heavy atom. The number of ether oxygens (including phenoxy) is 1. The van der Waals surface area contributed by atoms with Crippen molar-refractivity contribution in [2.75, 3.05) is 13.7 Å². The Balaban J connectivity index is 2.38. The van der Waals surface area contributed by atoms with E-state index in [2.05, 4.69) is 12.2 Å². The minimum absolute atomic E-state index is 0.121. The first kappa shape index (κ1) is 16.4. The molecule has 118 valence electrons. The van der Waals surface area contributed by atoms with Crippen LogP contribution in [-0.4, -0.2) is 19.3 Å². The second-order valence-electron chi connectivity index (χ2n) is 6.13. The van der Waals surface area contributed by atoms with Crippen molar-refractivity contribution < 1.29 is 9.13 Å². The summed E-state index contributed by atoms with van der Waals surface area (Å²) in [6.45, 7) is 4.77. The summed E-state index contributed by atoms with van der Waals surface area (Å²) in [7, 11) is 1.99. The summed E-state index contributed by atoms with van der Waals surface area (Å²) in [5.74, 6) is -0.169. The summed E-state index contributed by atoms with van der Waals surface area (Å²) in [6.07, 6.45) is 7.13. The molecule has 1 fully saturated rings. The van der Waals surface area contributed by atoms with E-state index in [1.54, 1.807) is 12.1 Å². The fourth-order valence-corrected chi connectivity index (χ4v) is 3.80. The Morgan fingerprint density at radius 2 is 1.90 bits per heavy atom. The van der Waals surface area contributed by atoms with Crippen molar-refractivity contribution in [3.63, 3.8) is 0 Å². The zero-order valence-corrected chi connectivity index (χ0v) is 13.5. The third-order valence-electron chi connectivity index (χ3n) is 4.74. The summed E-state index contributed by atoms with van der Waals surface area (Å²) in [5, 5.41) is 3.45. The molecule has 21 heavy (non-hydrogen) atoms. The molecule has 0 spiro atoms. The summed E-state index contributed by atoms with van der Waals surface area (Å²) >= 11 is 0. The maximum absolute atomic E-state index is 13.4. The van der Waals surface area contributed by atoms with Crippen molar-refractivity contribution in [3.8, 4) is 0 Å². The zero-order chi connectivity index (χ0) is 15.3. The van der Waals surface area contributed by atoms with Crippen LogP contribution < -0.4 is 5.32 Å². The van der Waals surface area contributed by atoms with E-state index in [4.69, 9.17) is 4.74 Å². The minimum Gasteiger partial charge on any atom is -0.373 e. The molecular weight excluding hydrogens is 265 g/mol. The highest BCUT2D eigenvalue weighted by molar-refractivity contribution is 5.32. The highest BCUT2D eigenvalue weighted by Crippen LogP contribution is 2.41. The lowest BCUT2D eigenvalue weighted by Gasteiger charge is -2.41. The molecule has 0 amide bonds. The summed E-state index contributed by atoms with van der Waals surface area (Å²) in [4.78, 5) is 0. The number of hydrogen-bond acceptors (Lipinski definition) is 2. The van der Waals surface area contributed by atoms with Gasteiger partial charge in [-0.3, -0.25) is 0 Å². The van der Waals surface area contributed by atoms with E-state index in [1.807, 2.05) is 20.0 Å². The van der Waals surface area contributed by atoms with Gasteiger partial charge in [-0.1, -0.05) is 31.7 Å². The zero-order valence-electron chi connectivity index (χ0n) is 13.5. The topological polar surface area (TPSA) is 21.3 Å². The summed E-state index contributed by atoms with van der Waals surface area (Å²) in [5.41, 5.74) is 2.00. The standard InChI is InChI=1S/C18H28FNO/c1-4-21-18(11-7-5-6-8-12-18)17(20-3)16-10-9-15(19)13-14(16)2/h9-10,13,17,20H,4-8,11-12H2,1-3H3. The van der Waals surface area contributed by atoms with Gasteiger partial charge in [-0.25, -0.2) is 4.39 Å². The fourth-order valence-electron chi connectivity index (χ4n) is 3.80. The maximum Gasteiger partial charge on any atom is 0.123 e. The lowest BCUT2D eigenvalue weighted by atomic mass is 9.80. The number of nitrogens with one attached hydrogen (secondary N) is 1.